The van der Waals surface area contributed by atoms with Crippen LogP contribution in [-0.4, -0.2) is 324 Å². The van der Waals surface area contributed by atoms with Crippen molar-refractivity contribution in [2.24, 2.45) is 0 Å². The molecule has 0 unspecified atom stereocenters. The summed E-state index contributed by atoms with van der Waals surface area (Å²) in [5.74, 6) is 0. The lowest BCUT2D eigenvalue weighted by Gasteiger charge is -2.51. The second-order valence-electron chi connectivity index (χ2n) is 21.1. The van der Waals surface area contributed by atoms with Gasteiger partial charge in [0.1, 0.15) is 73.2 Å². The minimum atomic E-state index is -6.87. The van der Waals surface area contributed by atoms with E-state index in [0.29, 0.717) is 19.3 Å². The van der Waals surface area contributed by atoms with E-state index in [1.54, 1.807) is 0 Å². The highest BCUT2D eigenvalue weighted by Gasteiger charge is 2.63. The molecule has 0 aliphatic carbocycles. The van der Waals surface area contributed by atoms with E-state index in [0.717, 1.165) is 19.3 Å². The van der Waals surface area contributed by atoms with Crippen LogP contribution < -0.4 is 0 Å². The standard InChI is InChI=1S/C34H62O60S13/c1-2-3-4-5-6-7-8-9-10-74-31-27(91-104(62,63)64)23(19(86-99(47,48)49)15(79-31)11-75-95(35,36)37)83-32-28(92-105(65,66)67)24(20(87-100(50,51)52)16(80-32)12-76-96(38,39)40)84-33-29(93-106(68,69)70)25(21(88-101(53,54)55)17(81-33)13-77-97(41,42)43)85-34-30(94-107(71,72)73)26(90-103(59,60)61)22(89-102(56,57)58)18(82-34)14-78-98(44,45)46/h15-34H,2-14H2,1H3,(H,35,36,37)(H,38,39,40)(H,41,42,43)(H,44,45,46)(H,47,48,49)(H,50,51,52)(H,53,54,55)(H,56,57,58)(H,59,60,61)(H,62,63,64)(H,65,66,67)(H,68,69,70)(H,71,72,73)/t15-,16-,17-,18-,19-,20-,21-,22-,23+,24+,25+,26+,27-,28-,29-,30-,31-,32+,33+,34+/m1/s1. The average Bonchev–Trinajstić information content (AvgIpc) is 0.750. The lowest BCUT2D eigenvalue weighted by molar-refractivity contribution is -0.380. The Morgan fingerprint density at radius 2 is 0.411 bits per heavy atom. The van der Waals surface area contributed by atoms with Gasteiger partial charge >= 0.3 is 135 Å². The third-order valence-electron chi connectivity index (χ3n) is 13.1. The normalized spacial score (nSPS) is 31.2. The molecule has 0 bridgehead atoms. The zero-order valence-electron chi connectivity index (χ0n) is 52.0. The van der Waals surface area contributed by atoms with Crippen molar-refractivity contribution in [3.8, 4) is 0 Å². The monoisotopic (exact) mass is 1850 g/mol. The number of unbranched alkanes of at least 4 members (excludes halogenated alkanes) is 7. The summed E-state index contributed by atoms with van der Waals surface area (Å²) >= 11 is 0. The molecule has 0 saturated carbocycles. The maximum absolute atomic E-state index is 13.1. The van der Waals surface area contributed by atoms with Crippen LogP contribution in [0.25, 0.3) is 0 Å². The highest BCUT2D eigenvalue weighted by atomic mass is 32.3. The van der Waals surface area contributed by atoms with E-state index < -0.39 is 291 Å². The topological polar surface area (TPSA) is 901 Å². The first-order valence-electron chi connectivity index (χ1n) is 27.6. The van der Waals surface area contributed by atoms with Crippen LogP contribution in [-0.2, 0) is 227 Å². The fraction of sp³-hybridized carbons (Fsp3) is 1.00. The molecule has 60 nitrogen and oxygen atoms in total. The summed E-state index contributed by atoms with van der Waals surface area (Å²) in [5.41, 5.74) is 0. The van der Waals surface area contributed by atoms with Gasteiger partial charge in [-0.1, -0.05) is 51.9 Å². The number of hydrogen-bond donors (Lipinski definition) is 13. The summed E-state index contributed by atoms with van der Waals surface area (Å²) in [5, 5.41) is 0. The van der Waals surface area contributed by atoms with Crippen molar-refractivity contribution >= 4 is 135 Å². The fourth-order valence-electron chi connectivity index (χ4n) is 9.74. The van der Waals surface area contributed by atoms with Gasteiger partial charge < -0.3 is 37.9 Å². The van der Waals surface area contributed by atoms with Crippen molar-refractivity contribution < 1.29 is 261 Å². The molecular formula is C34H62O60S13. The molecule has 0 radical (unpaired) electrons. The highest BCUT2D eigenvalue weighted by molar-refractivity contribution is 7.83. The Hall–Kier alpha value is -2.01. The van der Waals surface area contributed by atoms with Gasteiger partial charge in [0, 0.05) is 6.61 Å². The van der Waals surface area contributed by atoms with Gasteiger partial charge in [0.2, 0.25) is 0 Å². The summed E-state index contributed by atoms with van der Waals surface area (Å²) in [6.45, 7) is -7.76. The Bertz CT molecular complexity index is 4530. The molecule has 4 saturated heterocycles. The number of hydrogen-bond acceptors (Lipinski definition) is 47. The van der Waals surface area contributed by atoms with Crippen LogP contribution in [0.15, 0.2) is 0 Å². The average molecular weight is 1850 g/mol. The first-order chi connectivity index (χ1) is 48.1. The van der Waals surface area contributed by atoms with Gasteiger partial charge in [-0.2, -0.15) is 109 Å². The van der Waals surface area contributed by atoms with E-state index in [1.165, 1.54) is 0 Å². The van der Waals surface area contributed by atoms with Gasteiger partial charge in [-0.3, -0.25) is 59.2 Å². The SMILES string of the molecule is CCCCCCCCCCO[C@@H]1O[C@H](COS(=O)(=O)O)[C@@H](OS(=O)(=O)O)[C@H](O[C@@H]2O[C@H](COS(=O)(=O)O)[C@@H](OS(=O)(=O)O)[C@H](O[C@@H]3O[C@H](COS(=O)(=O)O)[C@@H](OS(=O)(=O)O)[C@H](O[C@@H]4O[C@H](COS(=O)(=O)O)[C@@H](OS(=O)(=O)O)[C@H](OS(=O)(=O)O)[C@H]4OS(=O)(=O)O)[C@H]3OS(=O)(=O)O)[C@H]2OS(=O)(=O)O)[C@H]1OS(=O)(=O)O. The largest absolute Gasteiger partial charge is 0.397 e. The van der Waals surface area contributed by atoms with Crippen molar-refractivity contribution in [1.82, 2.24) is 0 Å². The van der Waals surface area contributed by atoms with Crippen molar-refractivity contribution in [1.29, 1.82) is 0 Å². The van der Waals surface area contributed by atoms with E-state index >= 15 is 0 Å². The molecule has 636 valence electrons. The molecule has 4 rings (SSSR count). The van der Waals surface area contributed by atoms with Crippen molar-refractivity contribution in [2.75, 3.05) is 33.0 Å². The second-order valence-corrected chi connectivity index (χ2v) is 34.9. The summed E-state index contributed by atoms with van der Waals surface area (Å²) in [7, 11) is -83.6. The fourth-order valence-corrected chi connectivity index (χ4v) is 15.4. The molecule has 4 fully saturated rings. The Labute approximate surface area is 606 Å². The van der Waals surface area contributed by atoms with Crippen molar-refractivity contribution in [3.05, 3.63) is 0 Å². The van der Waals surface area contributed by atoms with Gasteiger partial charge in [0.05, 0.1) is 26.4 Å². The first kappa shape index (κ1) is 97.4. The molecule has 73 heteroatoms. The molecule has 20 atom stereocenters. The van der Waals surface area contributed by atoms with Crippen molar-refractivity contribution in [2.45, 2.75) is 181 Å². The zero-order chi connectivity index (χ0) is 82.1. The summed E-state index contributed by atoms with van der Waals surface area (Å²) < 4.78 is 553. The smallest absolute Gasteiger partial charge is 0.350 e. The molecule has 0 spiro atoms. The van der Waals surface area contributed by atoms with Crippen LogP contribution in [0.4, 0.5) is 0 Å². The van der Waals surface area contributed by atoms with Crippen LogP contribution in [0, 0.1) is 0 Å². The molecule has 4 aliphatic heterocycles. The Morgan fingerprint density at radius 1 is 0.224 bits per heavy atom. The van der Waals surface area contributed by atoms with Gasteiger partial charge in [-0.15, -0.1) is 0 Å². The van der Waals surface area contributed by atoms with Crippen LogP contribution >= 0.6 is 0 Å². The highest BCUT2D eigenvalue weighted by Crippen LogP contribution is 2.42. The molecule has 0 aromatic rings. The molecule has 0 aromatic carbocycles. The maximum atomic E-state index is 13.1. The lowest BCUT2D eigenvalue weighted by atomic mass is 9.95. The molecule has 0 amide bonds. The first-order valence-corrected chi connectivity index (χ1v) is 45.4. The molecular weight excluding hydrogens is 1790 g/mol. The predicted octanol–water partition coefficient (Wildman–Crippen LogP) is -7.83. The maximum Gasteiger partial charge on any atom is 0.397 e. The van der Waals surface area contributed by atoms with Gasteiger partial charge in [-0.25, -0.2) is 54.4 Å². The molecule has 107 heavy (non-hydrogen) atoms. The predicted molar refractivity (Wildman–Crippen MR) is 316 cm³/mol. The van der Waals surface area contributed by atoms with Crippen LogP contribution in [0.5, 0.6) is 0 Å². The van der Waals surface area contributed by atoms with Gasteiger partial charge in [0.25, 0.3) is 0 Å². The van der Waals surface area contributed by atoms with Crippen LogP contribution in [0.3, 0.4) is 0 Å². The van der Waals surface area contributed by atoms with Crippen LogP contribution in [0.2, 0.25) is 0 Å². The van der Waals surface area contributed by atoms with Gasteiger partial charge in [-0.05, 0) is 6.42 Å². The summed E-state index contributed by atoms with van der Waals surface area (Å²) in [6, 6.07) is 0. The van der Waals surface area contributed by atoms with Crippen molar-refractivity contribution in [3.63, 3.8) is 0 Å². The lowest BCUT2D eigenvalue weighted by Crippen LogP contribution is -2.70. The Balaban J connectivity index is 2.27. The second kappa shape index (κ2) is 38.2. The summed E-state index contributed by atoms with van der Waals surface area (Å²) in [6.07, 6.45) is -67.7. The zero-order valence-corrected chi connectivity index (χ0v) is 62.7. The Morgan fingerprint density at radius 3 is 0.645 bits per heavy atom. The van der Waals surface area contributed by atoms with Gasteiger partial charge in [0.15, 0.2) is 49.6 Å². The van der Waals surface area contributed by atoms with E-state index in [1.807, 2.05) is 6.92 Å². The quantitative estimate of drug-likeness (QED) is 0.0199. The van der Waals surface area contributed by atoms with Crippen LogP contribution in [0.1, 0.15) is 58.3 Å². The van der Waals surface area contributed by atoms with E-state index in [9.17, 15) is 169 Å². The minimum absolute atomic E-state index is 0.147. The molecule has 0 aromatic heterocycles. The van der Waals surface area contributed by atoms with E-state index in [-0.39, 0.29) is 12.8 Å². The third kappa shape index (κ3) is 37.4. The molecule has 4 aliphatic rings. The minimum Gasteiger partial charge on any atom is -0.350 e. The van der Waals surface area contributed by atoms with E-state index in [4.69, 9.17) is 37.9 Å². The third-order valence-corrected chi connectivity index (χ3v) is 19.1. The van der Waals surface area contributed by atoms with E-state index in [2.05, 4.69) is 54.4 Å². The summed E-state index contributed by atoms with van der Waals surface area (Å²) in [4.78, 5) is 0. The molecule has 13 N–H and O–H groups in total. The number of rotatable bonds is 46. The number of ether oxygens (including phenoxy) is 8. The Kier molecular flexibility index (Phi) is 34.7. The molecule has 4 heterocycles.